The van der Waals surface area contributed by atoms with E-state index in [9.17, 15) is 14.4 Å². The van der Waals surface area contributed by atoms with Crippen LogP contribution in [0.25, 0.3) is 17.0 Å². The molecule has 0 atom stereocenters. The number of fused-ring (bicyclic) bond motifs is 1. The van der Waals surface area contributed by atoms with Gasteiger partial charge in [0.15, 0.2) is 0 Å². The summed E-state index contributed by atoms with van der Waals surface area (Å²) in [5.74, 6) is 0.432. The van der Waals surface area contributed by atoms with E-state index in [0.717, 1.165) is 24.2 Å². The zero-order valence-corrected chi connectivity index (χ0v) is 17.4. The van der Waals surface area contributed by atoms with Crippen LogP contribution in [0.5, 0.6) is 0 Å². The molecule has 1 fully saturated rings. The van der Waals surface area contributed by atoms with Gasteiger partial charge in [0.2, 0.25) is 11.8 Å². The van der Waals surface area contributed by atoms with Crippen LogP contribution < -0.4 is 10.5 Å². The second kappa shape index (κ2) is 8.95. The smallest absolute Gasteiger partial charge is 0.258 e. The van der Waals surface area contributed by atoms with Crippen LogP contribution in [0.1, 0.15) is 31.2 Å². The topological polar surface area (TPSA) is 86.4 Å². The van der Waals surface area contributed by atoms with Crippen LogP contribution >= 0.6 is 0 Å². The molecule has 1 aliphatic rings. The van der Waals surface area contributed by atoms with Crippen LogP contribution in [0.2, 0.25) is 0 Å². The number of carbonyl (C=O) groups is 2. The highest BCUT2D eigenvalue weighted by molar-refractivity contribution is 5.95. The van der Waals surface area contributed by atoms with Crippen LogP contribution in [0.15, 0.2) is 59.4 Å². The molecule has 0 spiro atoms. The first kappa shape index (κ1) is 20.5. The number of hydrogen-bond donors (Lipinski definition) is 1. The van der Waals surface area contributed by atoms with Crippen LogP contribution in [-0.4, -0.2) is 39.8 Å². The summed E-state index contributed by atoms with van der Waals surface area (Å²) in [6.45, 7) is 3.33. The summed E-state index contributed by atoms with van der Waals surface area (Å²) < 4.78 is 0. The van der Waals surface area contributed by atoms with E-state index in [0.29, 0.717) is 29.7 Å². The molecule has 3 aromatic rings. The third kappa shape index (κ3) is 4.55. The van der Waals surface area contributed by atoms with Crippen LogP contribution in [0.3, 0.4) is 0 Å². The molecule has 1 N–H and O–H groups in total. The number of nitrogens with one attached hydrogen (secondary N) is 1. The Kier molecular flexibility index (Phi) is 5.93. The predicted octanol–water partition coefficient (Wildman–Crippen LogP) is 3.11. The molecule has 7 nitrogen and oxygen atoms in total. The molecule has 0 bridgehead atoms. The number of anilines is 1. The van der Waals surface area contributed by atoms with Gasteiger partial charge < -0.3 is 14.8 Å². The summed E-state index contributed by atoms with van der Waals surface area (Å²) in [5, 5.41) is 0.527. The average molecular weight is 416 g/mol. The Morgan fingerprint density at radius 3 is 2.65 bits per heavy atom. The quantitative estimate of drug-likeness (QED) is 0.626. The van der Waals surface area contributed by atoms with Crippen molar-refractivity contribution in [2.24, 2.45) is 0 Å². The van der Waals surface area contributed by atoms with Crippen molar-refractivity contribution in [3.05, 3.63) is 76.3 Å². The zero-order chi connectivity index (χ0) is 21.8. The van der Waals surface area contributed by atoms with E-state index in [1.54, 1.807) is 34.1 Å². The first-order valence-electron chi connectivity index (χ1n) is 10.4. The molecule has 1 aliphatic heterocycles. The van der Waals surface area contributed by atoms with E-state index in [1.165, 1.54) is 6.08 Å². The lowest BCUT2D eigenvalue weighted by Crippen LogP contribution is -2.30. The number of nitrogens with zero attached hydrogens (tertiary/aromatic N) is 3. The molecular weight excluding hydrogens is 392 g/mol. The standard InChI is InChI=1S/C24H24N4O3/c1-2-27(16-21-25-20-7-4-3-6-19(20)24(31)26-21)22(29)14-11-17-9-12-18(13-10-17)28-15-5-8-23(28)30/h3-4,6-7,9-14H,2,5,8,15-16H2,1H3,(H,25,26,31)/b14-11+. The highest BCUT2D eigenvalue weighted by atomic mass is 16.2. The SMILES string of the molecule is CCN(Cc1nc2ccccc2c(=O)[nH]1)C(=O)/C=C/c1ccc(N2CCCC2=O)cc1. The van der Waals surface area contributed by atoms with Crippen molar-refractivity contribution in [2.75, 3.05) is 18.0 Å². The maximum Gasteiger partial charge on any atom is 0.258 e. The molecule has 0 unspecified atom stereocenters. The van der Waals surface area contributed by atoms with Crippen molar-refractivity contribution in [1.82, 2.24) is 14.9 Å². The number of aromatic amines is 1. The van der Waals surface area contributed by atoms with Gasteiger partial charge in [0, 0.05) is 31.3 Å². The van der Waals surface area contributed by atoms with Gasteiger partial charge in [-0.1, -0.05) is 24.3 Å². The summed E-state index contributed by atoms with van der Waals surface area (Å²) in [7, 11) is 0. The minimum atomic E-state index is -0.212. The number of para-hydroxylation sites is 1. The monoisotopic (exact) mass is 416 g/mol. The molecule has 1 saturated heterocycles. The van der Waals surface area contributed by atoms with Crippen molar-refractivity contribution < 1.29 is 9.59 Å². The maximum absolute atomic E-state index is 12.7. The van der Waals surface area contributed by atoms with Crippen molar-refractivity contribution in [3.63, 3.8) is 0 Å². The Bertz CT molecular complexity index is 1200. The Morgan fingerprint density at radius 1 is 1.16 bits per heavy atom. The van der Waals surface area contributed by atoms with Crippen molar-refractivity contribution in [3.8, 4) is 0 Å². The van der Waals surface area contributed by atoms with Crippen molar-refractivity contribution in [2.45, 2.75) is 26.3 Å². The van der Waals surface area contributed by atoms with Gasteiger partial charge in [-0.3, -0.25) is 14.4 Å². The number of benzene rings is 2. The van der Waals surface area contributed by atoms with Crippen molar-refractivity contribution >= 4 is 34.5 Å². The summed E-state index contributed by atoms with van der Waals surface area (Å²) >= 11 is 0. The third-order valence-corrected chi connectivity index (χ3v) is 5.39. The molecule has 1 aromatic heterocycles. The first-order chi connectivity index (χ1) is 15.0. The summed E-state index contributed by atoms with van der Waals surface area (Å²) in [5.41, 5.74) is 2.15. The zero-order valence-electron chi connectivity index (χ0n) is 17.4. The molecule has 0 aliphatic carbocycles. The van der Waals surface area contributed by atoms with Crippen LogP contribution in [-0.2, 0) is 16.1 Å². The number of rotatable bonds is 6. The van der Waals surface area contributed by atoms with E-state index in [4.69, 9.17) is 0 Å². The number of amides is 2. The van der Waals surface area contributed by atoms with Crippen molar-refractivity contribution in [1.29, 1.82) is 0 Å². The highest BCUT2D eigenvalue weighted by Gasteiger charge is 2.21. The Morgan fingerprint density at radius 2 is 1.94 bits per heavy atom. The van der Waals surface area contributed by atoms with Gasteiger partial charge in [-0.2, -0.15) is 0 Å². The lowest BCUT2D eigenvalue weighted by atomic mass is 10.2. The van der Waals surface area contributed by atoms with Gasteiger partial charge in [0.05, 0.1) is 17.4 Å². The first-order valence-corrected chi connectivity index (χ1v) is 10.4. The van der Waals surface area contributed by atoms with E-state index < -0.39 is 0 Å². The molecular formula is C24H24N4O3. The number of hydrogen-bond acceptors (Lipinski definition) is 4. The molecule has 2 amide bonds. The van der Waals surface area contributed by atoms with Gasteiger partial charge >= 0.3 is 0 Å². The summed E-state index contributed by atoms with van der Waals surface area (Å²) in [6, 6.07) is 14.7. The minimum Gasteiger partial charge on any atom is -0.332 e. The minimum absolute atomic E-state index is 0.150. The summed E-state index contributed by atoms with van der Waals surface area (Å²) in [4.78, 5) is 47.4. The molecule has 2 heterocycles. The normalized spacial score (nSPS) is 14.0. The Balaban J connectivity index is 1.45. The summed E-state index contributed by atoms with van der Waals surface area (Å²) in [6.07, 6.45) is 4.75. The fourth-order valence-electron chi connectivity index (χ4n) is 3.70. The van der Waals surface area contributed by atoms with Gasteiger partial charge in [-0.05, 0) is 49.2 Å². The second-order valence-electron chi connectivity index (χ2n) is 7.46. The maximum atomic E-state index is 12.7. The number of aromatic nitrogens is 2. The van der Waals surface area contributed by atoms with Gasteiger partial charge in [0.1, 0.15) is 5.82 Å². The van der Waals surface area contributed by atoms with E-state index in [-0.39, 0.29) is 23.9 Å². The number of likely N-dealkylation sites (N-methyl/N-ethyl adjacent to an activating group) is 1. The lowest BCUT2D eigenvalue weighted by Gasteiger charge is -2.18. The molecule has 2 aromatic carbocycles. The fourth-order valence-corrected chi connectivity index (χ4v) is 3.70. The molecule has 4 rings (SSSR count). The van der Waals surface area contributed by atoms with E-state index >= 15 is 0 Å². The second-order valence-corrected chi connectivity index (χ2v) is 7.46. The van der Waals surface area contributed by atoms with Crippen LogP contribution in [0.4, 0.5) is 5.69 Å². The fraction of sp³-hybridized carbons (Fsp3) is 0.250. The molecule has 31 heavy (non-hydrogen) atoms. The van der Waals surface area contributed by atoms with Crippen LogP contribution in [0, 0.1) is 0 Å². The molecule has 0 saturated carbocycles. The van der Waals surface area contributed by atoms with Gasteiger partial charge in [0.25, 0.3) is 5.56 Å². The average Bonchev–Trinajstić information content (AvgIpc) is 3.22. The highest BCUT2D eigenvalue weighted by Crippen LogP contribution is 2.22. The van der Waals surface area contributed by atoms with Gasteiger partial charge in [-0.15, -0.1) is 0 Å². The molecule has 7 heteroatoms. The molecule has 0 radical (unpaired) electrons. The van der Waals surface area contributed by atoms with Gasteiger partial charge in [-0.25, -0.2) is 4.98 Å². The van der Waals surface area contributed by atoms with E-state index in [1.807, 2.05) is 37.3 Å². The Hall–Kier alpha value is -3.74. The molecule has 158 valence electrons. The van der Waals surface area contributed by atoms with E-state index in [2.05, 4.69) is 9.97 Å². The lowest BCUT2D eigenvalue weighted by molar-refractivity contribution is -0.126. The largest absolute Gasteiger partial charge is 0.332 e. The predicted molar refractivity (Wildman–Crippen MR) is 121 cm³/mol. The third-order valence-electron chi connectivity index (χ3n) is 5.39. The number of carbonyl (C=O) groups excluding carboxylic acids is 2. The number of H-pyrrole nitrogens is 1. The Labute approximate surface area is 180 Å².